The molecule has 1 aromatic carbocycles. The lowest BCUT2D eigenvalue weighted by molar-refractivity contribution is -0.124. The van der Waals surface area contributed by atoms with E-state index < -0.39 is 0 Å². The maximum Gasteiger partial charge on any atom is 0.140 e. The van der Waals surface area contributed by atoms with Crippen LogP contribution in [0.25, 0.3) is 0 Å². The molecule has 0 amide bonds. The maximum absolute atomic E-state index is 12.4. The van der Waals surface area contributed by atoms with Gasteiger partial charge < -0.3 is 5.73 Å². The molecule has 1 fully saturated rings. The number of nitrogens with two attached hydrogens (primary N) is 1. The van der Waals surface area contributed by atoms with Crippen LogP contribution in [0.15, 0.2) is 28.7 Å². The lowest BCUT2D eigenvalue weighted by Gasteiger charge is -2.29. The first-order chi connectivity index (χ1) is 8.70. The summed E-state index contributed by atoms with van der Waals surface area (Å²) in [7, 11) is 0. The highest BCUT2D eigenvalue weighted by molar-refractivity contribution is 9.10. The summed E-state index contributed by atoms with van der Waals surface area (Å²) in [5.74, 6) is 0.960. The van der Waals surface area contributed by atoms with Gasteiger partial charge >= 0.3 is 0 Å². The van der Waals surface area contributed by atoms with Crippen LogP contribution in [0.5, 0.6) is 0 Å². The fourth-order valence-electron chi connectivity index (χ4n) is 2.85. The molecule has 0 aliphatic heterocycles. The highest BCUT2D eigenvalue weighted by Crippen LogP contribution is 2.30. The first-order valence-electron chi connectivity index (χ1n) is 6.68. The summed E-state index contributed by atoms with van der Waals surface area (Å²) >= 11 is 3.41. The Kier molecular flexibility index (Phi) is 4.95. The summed E-state index contributed by atoms with van der Waals surface area (Å²) in [4.78, 5) is 12.4. The Bertz CT molecular complexity index is 401. The third-order valence-electron chi connectivity index (χ3n) is 3.92. The normalized spacial score (nSPS) is 23.9. The van der Waals surface area contributed by atoms with Crippen LogP contribution in [-0.2, 0) is 11.2 Å². The van der Waals surface area contributed by atoms with Crippen molar-refractivity contribution in [3.63, 3.8) is 0 Å². The number of Topliss-reactive ketones (excluding diaryl/α,β-unsaturated/α-hetero) is 1. The van der Waals surface area contributed by atoms with Gasteiger partial charge in [0.25, 0.3) is 0 Å². The Balaban J connectivity index is 2.00. The van der Waals surface area contributed by atoms with E-state index in [1.54, 1.807) is 0 Å². The molecule has 3 heteroatoms. The first kappa shape index (κ1) is 13.8. The Morgan fingerprint density at radius 2 is 1.89 bits per heavy atom. The number of benzene rings is 1. The molecule has 0 bridgehead atoms. The first-order valence-corrected chi connectivity index (χ1v) is 7.47. The van der Waals surface area contributed by atoms with Gasteiger partial charge in [-0.15, -0.1) is 0 Å². The van der Waals surface area contributed by atoms with Gasteiger partial charge in [0.15, 0.2) is 0 Å². The highest BCUT2D eigenvalue weighted by atomic mass is 79.9. The Morgan fingerprint density at radius 3 is 2.56 bits per heavy atom. The third-order valence-corrected chi connectivity index (χ3v) is 4.45. The van der Waals surface area contributed by atoms with Gasteiger partial charge in [0, 0.05) is 16.8 Å². The molecule has 0 saturated heterocycles. The van der Waals surface area contributed by atoms with Crippen molar-refractivity contribution in [1.82, 2.24) is 0 Å². The van der Waals surface area contributed by atoms with Crippen LogP contribution in [0.3, 0.4) is 0 Å². The number of carbonyl (C=O) groups is 1. The van der Waals surface area contributed by atoms with Crippen LogP contribution in [0.4, 0.5) is 0 Å². The van der Waals surface area contributed by atoms with Crippen molar-refractivity contribution in [2.45, 2.75) is 32.1 Å². The summed E-state index contributed by atoms with van der Waals surface area (Å²) in [6, 6.07) is 8.01. The zero-order valence-corrected chi connectivity index (χ0v) is 12.2. The molecule has 2 nitrogen and oxygen atoms in total. The predicted molar refractivity (Wildman–Crippen MR) is 77.4 cm³/mol. The van der Waals surface area contributed by atoms with E-state index >= 15 is 0 Å². The summed E-state index contributed by atoms with van der Waals surface area (Å²) in [5, 5.41) is 0. The number of hydrogen-bond acceptors (Lipinski definition) is 2. The van der Waals surface area contributed by atoms with Crippen LogP contribution in [0.1, 0.15) is 31.2 Å². The average molecular weight is 310 g/mol. The molecule has 18 heavy (non-hydrogen) atoms. The minimum Gasteiger partial charge on any atom is -0.330 e. The SMILES string of the molecule is NCC1CCCCC1C(=O)Cc1ccc(Br)cc1. The second-order valence-electron chi connectivity index (χ2n) is 5.16. The van der Waals surface area contributed by atoms with Crippen molar-refractivity contribution in [2.24, 2.45) is 17.6 Å². The van der Waals surface area contributed by atoms with Crippen molar-refractivity contribution < 1.29 is 4.79 Å². The van der Waals surface area contributed by atoms with E-state index in [4.69, 9.17) is 5.73 Å². The lowest BCUT2D eigenvalue weighted by atomic mass is 9.76. The molecule has 1 aromatic rings. The highest BCUT2D eigenvalue weighted by Gasteiger charge is 2.29. The van der Waals surface area contributed by atoms with Gasteiger partial charge in [-0.3, -0.25) is 4.79 Å². The molecular formula is C15H20BrNO. The van der Waals surface area contributed by atoms with Gasteiger partial charge in [0.2, 0.25) is 0 Å². The largest absolute Gasteiger partial charge is 0.330 e. The molecule has 1 aliphatic carbocycles. The topological polar surface area (TPSA) is 43.1 Å². The van der Waals surface area contributed by atoms with Crippen LogP contribution in [0, 0.1) is 11.8 Å². The fraction of sp³-hybridized carbons (Fsp3) is 0.533. The van der Waals surface area contributed by atoms with E-state index in [0.29, 0.717) is 24.7 Å². The summed E-state index contributed by atoms with van der Waals surface area (Å²) < 4.78 is 1.05. The molecular weight excluding hydrogens is 290 g/mol. The average Bonchev–Trinajstić information content (AvgIpc) is 2.41. The third kappa shape index (κ3) is 3.42. The summed E-state index contributed by atoms with van der Waals surface area (Å²) in [5.41, 5.74) is 6.89. The number of hydrogen-bond donors (Lipinski definition) is 1. The molecule has 0 heterocycles. The molecule has 2 unspecified atom stereocenters. The monoisotopic (exact) mass is 309 g/mol. The van der Waals surface area contributed by atoms with Crippen LogP contribution in [-0.4, -0.2) is 12.3 Å². The Labute approximate surface area is 117 Å². The van der Waals surface area contributed by atoms with E-state index in [1.807, 2.05) is 24.3 Å². The zero-order chi connectivity index (χ0) is 13.0. The van der Waals surface area contributed by atoms with Crippen molar-refractivity contribution in [2.75, 3.05) is 6.54 Å². The fourth-order valence-corrected chi connectivity index (χ4v) is 3.11. The molecule has 1 aliphatic rings. The van der Waals surface area contributed by atoms with E-state index in [-0.39, 0.29) is 5.92 Å². The van der Waals surface area contributed by atoms with Gasteiger partial charge in [-0.1, -0.05) is 40.9 Å². The molecule has 2 rings (SSSR count). The summed E-state index contributed by atoms with van der Waals surface area (Å²) in [6.07, 6.45) is 5.09. The number of halogens is 1. The van der Waals surface area contributed by atoms with Gasteiger partial charge in [0.05, 0.1) is 0 Å². The minimum atomic E-state index is 0.187. The van der Waals surface area contributed by atoms with Gasteiger partial charge in [-0.2, -0.15) is 0 Å². The second kappa shape index (κ2) is 6.48. The smallest absolute Gasteiger partial charge is 0.140 e. The van der Waals surface area contributed by atoms with Crippen molar-refractivity contribution in [1.29, 1.82) is 0 Å². The van der Waals surface area contributed by atoms with Crippen LogP contribution in [0.2, 0.25) is 0 Å². The molecule has 2 atom stereocenters. The van der Waals surface area contributed by atoms with E-state index in [1.165, 1.54) is 12.8 Å². The zero-order valence-electron chi connectivity index (χ0n) is 10.6. The molecule has 98 valence electrons. The number of rotatable bonds is 4. The van der Waals surface area contributed by atoms with E-state index in [0.717, 1.165) is 22.9 Å². The van der Waals surface area contributed by atoms with Crippen molar-refractivity contribution in [3.05, 3.63) is 34.3 Å². The number of carbonyl (C=O) groups excluding carboxylic acids is 1. The van der Waals surface area contributed by atoms with E-state index in [2.05, 4.69) is 15.9 Å². The molecule has 2 N–H and O–H groups in total. The Hall–Kier alpha value is -0.670. The maximum atomic E-state index is 12.4. The quantitative estimate of drug-likeness (QED) is 0.927. The van der Waals surface area contributed by atoms with E-state index in [9.17, 15) is 4.79 Å². The van der Waals surface area contributed by atoms with Crippen molar-refractivity contribution >= 4 is 21.7 Å². The van der Waals surface area contributed by atoms with Gasteiger partial charge in [-0.05, 0) is 43.0 Å². The van der Waals surface area contributed by atoms with Crippen molar-refractivity contribution in [3.8, 4) is 0 Å². The van der Waals surface area contributed by atoms with Crippen LogP contribution >= 0.6 is 15.9 Å². The van der Waals surface area contributed by atoms with Crippen LogP contribution < -0.4 is 5.73 Å². The Morgan fingerprint density at radius 1 is 1.22 bits per heavy atom. The molecule has 0 spiro atoms. The summed E-state index contributed by atoms with van der Waals surface area (Å²) in [6.45, 7) is 0.650. The lowest BCUT2D eigenvalue weighted by Crippen LogP contribution is -2.33. The van der Waals surface area contributed by atoms with Gasteiger partial charge in [0.1, 0.15) is 5.78 Å². The standard InChI is InChI=1S/C15H20BrNO/c16-13-7-5-11(6-8-13)9-15(18)14-4-2-1-3-12(14)10-17/h5-8,12,14H,1-4,9-10,17H2. The molecule has 0 aromatic heterocycles. The second-order valence-corrected chi connectivity index (χ2v) is 6.07. The molecule has 1 saturated carbocycles. The minimum absolute atomic E-state index is 0.187. The number of ketones is 1. The predicted octanol–water partition coefficient (Wildman–Crippen LogP) is 3.33. The molecule has 0 radical (unpaired) electrons. The van der Waals surface area contributed by atoms with Gasteiger partial charge in [-0.25, -0.2) is 0 Å².